The zero-order chi connectivity index (χ0) is 10.0. The molecule has 0 spiro atoms. The maximum atomic E-state index is 11.5. The second kappa shape index (κ2) is 3.96. The molecule has 0 bridgehead atoms. The molecule has 4 heteroatoms. The van der Waals surface area contributed by atoms with E-state index in [4.69, 9.17) is 0 Å². The minimum absolute atomic E-state index is 0.00870. The summed E-state index contributed by atoms with van der Waals surface area (Å²) in [7, 11) is 3.46. The maximum absolute atomic E-state index is 11.5. The molecular weight excluding hydrogens is 168 g/mol. The molecule has 0 saturated carbocycles. The lowest BCUT2D eigenvalue weighted by Crippen LogP contribution is -2.49. The normalized spacial score (nSPS) is 28.8. The van der Waals surface area contributed by atoms with E-state index in [0.29, 0.717) is 12.5 Å². The van der Waals surface area contributed by atoms with E-state index < -0.39 is 0 Å². The van der Waals surface area contributed by atoms with Crippen molar-refractivity contribution in [1.29, 1.82) is 0 Å². The van der Waals surface area contributed by atoms with Gasteiger partial charge >= 0.3 is 6.03 Å². The van der Waals surface area contributed by atoms with Crippen molar-refractivity contribution in [1.82, 2.24) is 9.80 Å². The van der Waals surface area contributed by atoms with Crippen molar-refractivity contribution < 1.29 is 9.90 Å². The summed E-state index contributed by atoms with van der Waals surface area (Å²) in [4.78, 5) is 14.8. The van der Waals surface area contributed by atoms with Gasteiger partial charge in [-0.3, -0.25) is 0 Å². The van der Waals surface area contributed by atoms with Crippen LogP contribution >= 0.6 is 0 Å². The molecule has 76 valence electrons. The number of likely N-dealkylation sites (tertiary alicyclic amines) is 1. The summed E-state index contributed by atoms with van der Waals surface area (Å²) in [6.07, 6.45) is 0.449. The minimum atomic E-state index is -0.354. The summed E-state index contributed by atoms with van der Waals surface area (Å²) in [5.74, 6) is 0.396. The van der Waals surface area contributed by atoms with Crippen molar-refractivity contribution in [3.8, 4) is 0 Å². The van der Waals surface area contributed by atoms with Gasteiger partial charge in [0.2, 0.25) is 0 Å². The van der Waals surface area contributed by atoms with E-state index in [-0.39, 0.29) is 12.1 Å². The van der Waals surface area contributed by atoms with Crippen molar-refractivity contribution in [2.45, 2.75) is 19.4 Å². The number of urea groups is 1. The summed E-state index contributed by atoms with van der Waals surface area (Å²) in [5.41, 5.74) is 0. The number of rotatable bonds is 0. The molecule has 1 rings (SSSR count). The van der Waals surface area contributed by atoms with Crippen molar-refractivity contribution >= 4 is 6.03 Å². The topological polar surface area (TPSA) is 43.8 Å². The molecule has 0 aromatic carbocycles. The molecule has 0 aromatic rings. The van der Waals surface area contributed by atoms with Gasteiger partial charge in [-0.2, -0.15) is 0 Å². The van der Waals surface area contributed by atoms with Gasteiger partial charge in [-0.15, -0.1) is 0 Å². The molecule has 4 nitrogen and oxygen atoms in total. The number of aliphatic hydroxyl groups is 1. The van der Waals surface area contributed by atoms with Gasteiger partial charge in [0.15, 0.2) is 0 Å². The fraction of sp³-hybridized carbons (Fsp3) is 0.889. The number of nitrogens with zero attached hydrogens (tertiary/aromatic N) is 2. The zero-order valence-corrected chi connectivity index (χ0v) is 8.53. The number of piperidine rings is 1. The first-order valence-corrected chi connectivity index (χ1v) is 4.65. The molecular formula is C9H18N2O2. The Morgan fingerprint density at radius 2 is 2.08 bits per heavy atom. The van der Waals surface area contributed by atoms with E-state index in [2.05, 4.69) is 6.92 Å². The summed E-state index contributed by atoms with van der Waals surface area (Å²) in [5, 5.41) is 9.47. The van der Waals surface area contributed by atoms with Crippen LogP contribution in [0.4, 0.5) is 4.79 Å². The van der Waals surface area contributed by atoms with Crippen molar-refractivity contribution in [3.05, 3.63) is 0 Å². The van der Waals surface area contributed by atoms with Crippen LogP contribution in [0, 0.1) is 5.92 Å². The average Bonchev–Trinajstić information content (AvgIpc) is 2.01. The van der Waals surface area contributed by atoms with Crippen LogP contribution in [0.25, 0.3) is 0 Å². The predicted molar refractivity (Wildman–Crippen MR) is 50.4 cm³/mol. The highest BCUT2D eigenvalue weighted by Crippen LogP contribution is 2.16. The van der Waals surface area contributed by atoms with Crippen LogP contribution in [0.15, 0.2) is 0 Å². The van der Waals surface area contributed by atoms with Gasteiger partial charge < -0.3 is 14.9 Å². The van der Waals surface area contributed by atoms with E-state index in [0.717, 1.165) is 13.0 Å². The smallest absolute Gasteiger partial charge is 0.319 e. The lowest BCUT2D eigenvalue weighted by Gasteiger charge is -2.35. The van der Waals surface area contributed by atoms with E-state index in [1.54, 1.807) is 23.9 Å². The Bertz CT molecular complexity index is 184. The van der Waals surface area contributed by atoms with E-state index >= 15 is 0 Å². The van der Waals surface area contributed by atoms with Crippen LogP contribution in [0.3, 0.4) is 0 Å². The molecule has 1 aliphatic heterocycles. The lowest BCUT2D eigenvalue weighted by atomic mass is 9.98. The Balaban J connectivity index is 2.55. The number of amides is 2. The first kappa shape index (κ1) is 10.3. The lowest BCUT2D eigenvalue weighted by molar-refractivity contribution is 0.0535. The van der Waals surface area contributed by atoms with Gasteiger partial charge in [0.25, 0.3) is 0 Å². The van der Waals surface area contributed by atoms with Gasteiger partial charge in [0.05, 0.1) is 6.10 Å². The maximum Gasteiger partial charge on any atom is 0.319 e. The summed E-state index contributed by atoms with van der Waals surface area (Å²) in [6, 6.07) is -0.00870. The van der Waals surface area contributed by atoms with Crippen LogP contribution < -0.4 is 0 Å². The molecule has 0 aromatic heterocycles. The fourth-order valence-electron chi connectivity index (χ4n) is 1.76. The van der Waals surface area contributed by atoms with Gasteiger partial charge in [-0.1, -0.05) is 6.92 Å². The number of β-amino-alcohol motifs (C(OH)–C–C–N with tert-alkyl or cyclic N) is 1. The second-order valence-corrected chi connectivity index (χ2v) is 4.08. The van der Waals surface area contributed by atoms with Gasteiger partial charge in [0.1, 0.15) is 0 Å². The summed E-state index contributed by atoms with van der Waals surface area (Å²) in [6.45, 7) is 3.29. The van der Waals surface area contributed by atoms with Crippen LogP contribution in [-0.2, 0) is 0 Å². The highest BCUT2D eigenvalue weighted by molar-refractivity contribution is 5.73. The Morgan fingerprint density at radius 1 is 1.46 bits per heavy atom. The van der Waals surface area contributed by atoms with Crippen LogP contribution in [0.1, 0.15) is 13.3 Å². The Hall–Kier alpha value is -0.770. The molecule has 1 saturated heterocycles. The molecule has 2 atom stereocenters. The third-order valence-electron chi connectivity index (χ3n) is 2.29. The molecule has 1 N–H and O–H groups in total. The number of aliphatic hydroxyl groups excluding tert-OH is 1. The highest BCUT2D eigenvalue weighted by atomic mass is 16.3. The van der Waals surface area contributed by atoms with E-state index in [1.165, 1.54) is 0 Å². The fourth-order valence-corrected chi connectivity index (χ4v) is 1.76. The van der Waals surface area contributed by atoms with Crippen LogP contribution in [0.5, 0.6) is 0 Å². The number of hydrogen-bond acceptors (Lipinski definition) is 2. The standard InChI is InChI=1S/C9H18N2O2/c1-7-4-8(12)6-11(5-7)9(13)10(2)3/h7-8,12H,4-6H2,1-3H3. The Kier molecular flexibility index (Phi) is 3.14. The van der Waals surface area contributed by atoms with Crippen molar-refractivity contribution in [2.75, 3.05) is 27.2 Å². The molecule has 1 fully saturated rings. The van der Waals surface area contributed by atoms with Crippen molar-refractivity contribution in [2.24, 2.45) is 5.92 Å². The monoisotopic (exact) mass is 186 g/mol. The number of carbonyl (C=O) groups is 1. The Labute approximate surface area is 79.1 Å². The molecule has 2 unspecified atom stereocenters. The third-order valence-corrected chi connectivity index (χ3v) is 2.29. The quantitative estimate of drug-likeness (QED) is 0.594. The average molecular weight is 186 g/mol. The first-order valence-electron chi connectivity index (χ1n) is 4.65. The third kappa shape index (κ3) is 2.59. The molecule has 1 heterocycles. The predicted octanol–water partition coefficient (Wildman–Crippen LogP) is 0.371. The summed E-state index contributed by atoms with van der Waals surface area (Å²) < 4.78 is 0. The van der Waals surface area contributed by atoms with Crippen LogP contribution in [0.2, 0.25) is 0 Å². The number of carbonyl (C=O) groups excluding carboxylic acids is 1. The van der Waals surface area contributed by atoms with Gasteiger partial charge in [-0.25, -0.2) is 4.79 Å². The van der Waals surface area contributed by atoms with E-state index in [9.17, 15) is 9.90 Å². The second-order valence-electron chi connectivity index (χ2n) is 4.08. The molecule has 1 aliphatic rings. The zero-order valence-electron chi connectivity index (χ0n) is 8.53. The van der Waals surface area contributed by atoms with Gasteiger partial charge in [-0.05, 0) is 12.3 Å². The molecule has 0 radical (unpaired) electrons. The SMILES string of the molecule is CC1CC(O)CN(C(=O)N(C)C)C1. The number of hydrogen-bond donors (Lipinski definition) is 1. The molecule has 2 amide bonds. The molecule has 0 aliphatic carbocycles. The first-order chi connectivity index (χ1) is 6.00. The molecule has 13 heavy (non-hydrogen) atoms. The van der Waals surface area contributed by atoms with Crippen LogP contribution in [-0.4, -0.2) is 54.2 Å². The largest absolute Gasteiger partial charge is 0.391 e. The summed E-state index contributed by atoms with van der Waals surface area (Å²) >= 11 is 0. The highest BCUT2D eigenvalue weighted by Gasteiger charge is 2.27. The van der Waals surface area contributed by atoms with Gasteiger partial charge in [0, 0.05) is 27.2 Å². The minimum Gasteiger partial charge on any atom is -0.391 e. The Morgan fingerprint density at radius 3 is 2.54 bits per heavy atom. The van der Waals surface area contributed by atoms with E-state index in [1.807, 2.05) is 0 Å². The van der Waals surface area contributed by atoms with Crippen molar-refractivity contribution in [3.63, 3.8) is 0 Å².